The Hall–Kier alpha value is -1.88. The first-order chi connectivity index (χ1) is 9.93. The van der Waals surface area contributed by atoms with Crippen molar-refractivity contribution < 1.29 is 17.9 Å². The summed E-state index contributed by atoms with van der Waals surface area (Å²) in [5.74, 6) is 0.577. The third kappa shape index (κ3) is 2.93. The maximum absolute atomic E-state index is 12.7. The summed E-state index contributed by atoms with van der Waals surface area (Å²) >= 11 is 5.88. The molecule has 0 spiro atoms. The van der Waals surface area contributed by atoms with Crippen LogP contribution in [0.4, 0.5) is 18.9 Å². The first-order valence-corrected chi connectivity index (χ1v) is 6.68. The smallest absolute Gasteiger partial charge is 0.416 e. The van der Waals surface area contributed by atoms with Crippen LogP contribution in [0.25, 0.3) is 0 Å². The number of benzene rings is 2. The second-order valence-electron chi connectivity index (χ2n) is 4.75. The zero-order valence-electron chi connectivity index (χ0n) is 10.7. The molecule has 2 nitrogen and oxygen atoms in total. The Morgan fingerprint density at radius 2 is 1.95 bits per heavy atom. The highest BCUT2D eigenvalue weighted by molar-refractivity contribution is 6.30. The van der Waals surface area contributed by atoms with Gasteiger partial charge in [0.1, 0.15) is 11.9 Å². The maximum atomic E-state index is 12.7. The van der Waals surface area contributed by atoms with Crippen molar-refractivity contribution in [3.05, 3.63) is 58.6 Å². The Labute approximate surface area is 124 Å². The maximum Gasteiger partial charge on any atom is 0.416 e. The molecule has 0 bridgehead atoms. The van der Waals surface area contributed by atoms with Crippen LogP contribution >= 0.6 is 11.6 Å². The van der Waals surface area contributed by atoms with Crippen molar-refractivity contribution in [1.82, 2.24) is 0 Å². The Balaban J connectivity index is 1.88. The lowest BCUT2D eigenvalue weighted by Crippen LogP contribution is -2.24. The third-order valence-electron chi connectivity index (χ3n) is 3.27. The molecule has 0 aliphatic carbocycles. The largest absolute Gasteiger partial charge is 0.482 e. The minimum Gasteiger partial charge on any atom is -0.482 e. The van der Waals surface area contributed by atoms with Crippen LogP contribution in [0, 0.1) is 0 Å². The summed E-state index contributed by atoms with van der Waals surface area (Å²) in [4.78, 5) is 0. The minimum atomic E-state index is -4.36. The first kappa shape index (κ1) is 14.1. The van der Waals surface area contributed by atoms with Gasteiger partial charge in [-0.2, -0.15) is 13.2 Å². The second kappa shape index (κ2) is 5.15. The predicted molar refractivity (Wildman–Crippen MR) is 74.8 cm³/mol. The van der Waals surface area contributed by atoms with Gasteiger partial charge in [0, 0.05) is 5.02 Å². The monoisotopic (exact) mass is 313 g/mol. The average Bonchev–Trinajstić information content (AvgIpc) is 2.46. The molecule has 1 aliphatic rings. The van der Waals surface area contributed by atoms with Gasteiger partial charge >= 0.3 is 6.18 Å². The Kier molecular flexibility index (Phi) is 3.45. The number of hydrogen-bond acceptors (Lipinski definition) is 2. The van der Waals surface area contributed by atoms with Gasteiger partial charge in [0.2, 0.25) is 0 Å². The van der Waals surface area contributed by atoms with Gasteiger partial charge in [0.15, 0.2) is 0 Å². The van der Waals surface area contributed by atoms with Gasteiger partial charge in [-0.3, -0.25) is 0 Å². The van der Waals surface area contributed by atoms with E-state index in [9.17, 15) is 13.2 Å². The summed E-state index contributed by atoms with van der Waals surface area (Å²) in [6.45, 7) is 0.384. The lowest BCUT2D eigenvalue weighted by atomic mass is 10.0. The van der Waals surface area contributed by atoms with E-state index in [1.807, 2.05) is 0 Å². The number of rotatable bonds is 1. The van der Waals surface area contributed by atoms with Crippen molar-refractivity contribution in [1.29, 1.82) is 0 Å². The summed E-state index contributed by atoms with van der Waals surface area (Å²) in [6, 6.07) is 10.3. The molecule has 1 N–H and O–H groups in total. The van der Waals surface area contributed by atoms with E-state index >= 15 is 0 Å². The predicted octanol–water partition coefficient (Wildman–Crippen LogP) is 4.90. The molecule has 1 heterocycles. The molecular formula is C15H11ClF3NO. The zero-order chi connectivity index (χ0) is 15.0. The topological polar surface area (TPSA) is 21.3 Å². The van der Waals surface area contributed by atoms with E-state index < -0.39 is 17.8 Å². The van der Waals surface area contributed by atoms with Crippen LogP contribution in [0.5, 0.6) is 5.75 Å². The highest BCUT2D eigenvalue weighted by atomic mass is 35.5. The molecule has 2 aromatic rings. The van der Waals surface area contributed by atoms with Crippen LogP contribution in [0.3, 0.4) is 0 Å². The van der Waals surface area contributed by atoms with Gasteiger partial charge in [-0.15, -0.1) is 0 Å². The summed E-state index contributed by atoms with van der Waals surface area (Å²) < 4.78 is 44.0. The van der Waals surface area contributed by atoms with Gasteiger partial charge in [-0.25, -0.2) is 0 Å². The summed E-state index contributed by atoms with van der Waals surface area (Å²) in [5, 5.41) is 3.69. The fraction of sp³-hybridized carbons (Fsp3) is 0.200. The van der Waals surface area contributed by atoms with E-state index in [0.717, 1.165) is 17.8 Å². The van der Waals surface area contributed by atoms with E-state index in [4.69, 9.17) is 16.3 Å². The molecule has 1 aliphatic heterocycles. The van der Waals surface area contributed by atoms with Crippen molar-refractivity contribution in [3.8, 4) is 5.75 Å². The third-order valence-corrected chi connectivity index (χ3v) is 3.51. The van der Waals surface area contributed by atoms with Crippen molar-refractivity contribution in [3.63, 3.8) is 0 Å². The molecule has 0 aromatic heterocycles. The molecular weight excluding hydrogens is 303 g/mol. The van der Waals surface area contributed by atoms with Crippen LogP contribution in [0.1, 0.15) is 17.2 Å². The molecule has 2 aromatic carbocycles. The van der Waals surface area contributed by atoms with Crippen molar-refractivity contribution >= 4 is 17.3 Å². The highest BCUT2D eigenvalue weighted by Gasteiger charge is 2.31. The lowest BCUT2D eigenvalue weighted by molar-refractivity contribution is -0.137. The van der Waals surface area contributed by atoms with E-state index in [1.165, 1.54) is 6.07 Å². The lowest BCUT2D eigenvalue weighted by Gasteiger charge is -2.28. The highest BCUT2D eigenvalue weighted by Crippen LogP contribution is 2.37. The molecule has 110 valence electrons. The molecule has 0 saturated carbocycles. The zero-order valence-corrected chi connectivity index (χ0v) is 11.5. The number of halogens is 4. The van der Waals surface area contributed by atoms with E-state index in [-0.39, 0.29) is 0 Å². The summed E-state index contributed by atoms with van der Waals surface area (Å²) in [7, 11) is 0. The first-order valence-electron chi connectivity index (χ1n) is 6.31. The number of alkyl halides is 3. The van der Waals surface area contributed by atoms with E-state index in [1.54, 1.807) is 24.3 Å². The van der Waals surface area contributed by atoms with Crippen LogP contribution in [-0.4, -0.2) is 6.54 Å². The quantitative estimate of drug-likeness (QED) is 0.808. The molecule has 1 unspecified atom stereocenters. The molecule has 0 fully saturated rings. The van der Waals surface area contributed by atoms with Gasteiger partial charge in [0.05, 0.1) is 17.8 Å². The summed E-state index contributed by atoms with van der Waals surface area (Å²) in [5.41, 5.74) is 0.550. The molecule has 6 heteroatoms. The number of anilines is 1. The minimum absolute atomic E-state index is 0.384. The van der Waals surface area contributed by atoms with Gasteiger partial charge in [-0.05, 0) is 35.9 Å². The molecule has 0 radical (unpaired) electrons. The normalized spacial score (nSPS) is 17.6. The number of fused-ring (bicyclic) bond motifs is 1. The van der Waals surface area contributed by atoms with E-state index in [2.05, 4.69) is 5.32 Å². The number of ether oxygens (including phenoxy) is 1. The molecule has 0 amide bonds. The molecule has 0 saturated heterocycles. The van der Waals surface area contributed by atoms with Crippen molar-refractivity contribution in [2.75, 3.05) is 11.9 Å². The molecule has 21 heavy (non-hydrogen) atoms. The van der Waals surface area contributed by atoms with E-state index in [0.29, 0.717) is 22.9 Å². The van der Waals surface area contributed by atoms with Crippen LogP contribution in [0.15, 0.2) is 42.5 Å². The Bertz CT molecular complexity index is 672. The summed E-state index contributed by atoms with van der Waals surface area (Å²) in [6.07, 6.45) is -4.83. The van der Waals surface area contributed by atoms with Crippen molar-refractivity contribution in [2.24, 2.45) is 0 Å². The fourth-order valence-electron chi connectivity index (χ4n) is 2.24. The van der Waals surface area contributed by atoms with Crippen LogP contribution < -0.4 is 10.1 Å². The Morgan fingerprint density at radius 3 is 2.71 bits per heavy atom. The number of hydrogen-bond donors (Lipinski definition) is 1. The fourth-order valence-corrected chi connectivity index (χ4v) is 2.41. The average molecular weight is 314 g/mol. The van der Waals surface area contributed by atoms with Gasteiger partial charge < -0.3 is 10.1 Å². The Morgan fingerprint density at radius 1 is 1.14 bits per heavy atom. The van der Waals surface area contributed by atoms with Crippen LogP contribution in [-0.2, 0) is 6.18 Å². The second-order valence-corrected chi connectivity index (χ2v) is 5.19. The SMILES string of the molecule is FC(F)(F)c1cccc(C2CNc3cc(Cl)ccc3O2)c1. The van der Waals surface area contributed by atoms with Gasteiger partial charge in [-0.1, -0.05) is 23.7 Å². The van der Waals surface area contributed by atoms with Crippen molar-refractivity contribution in [2.45, 2.75) is 12.3 Å². The van der Waals surface area contributed by atoms with Crippen LogP contribution in [0.2, 0.25) is 5.02 Å². The standard InChI is InChI=1S/C15H11ClF3NO/c16-11-4-5-13-12(7-11)20-8-14(21-13)9-2-1-3-10(6-9)15(17,18)19/h1-7,14,20H,8H2. The number of nitrogens with one attached hydrogen (secondary N) is 1. The van der Waals surface area contributed by atoms with Gasteiger partial charge in [0.25, 0.3) is 0 Å². The molecule has 3 rings (SSSR count). The molecule has 1 atom stereocenters.